The van der Waals surface area contributed by atoms with Crippen molar-refractivity contribution < 1.29 is 22.7 Å². The highest BCUT2D eigenvalue weighted by atomic mass is 35.5. The molecular formula is C29H33Cl2N3O5S. The zero-order chi connectivity index (χ0) is 29.4. The summed E-state index contributed by atoms with van der Waals surface area (Å²) in [7, 11) is -2.64. The molecule has 0 radical (unpaired) electrons. The van der Waals surface area contributed by atoms with Crippen LogP contribution >= 0.6 is 23.2 Å². The third-order valence-corrected chi connectivity index (χ3v) is 9.01. The molecule has 0 heterocycles. The maximum Gasteiger partial charge on any atom is 0.264 e. The molecule has 0 saturated carbocycles. The van der Waals surface area contributed by atoms with Crippen molar-refractivity contribution in [3.05, 3.63) is 88.4 Å². The van der Waals surface area contributed by atoms with Gasteiger partial charge >= 0.3 is 0 Å². The number of hydrogen-bond acceptors (Lipinski definition) is 5. The van der Waals surface area contributed by atoms with E-state index >= 15 is 0 Å². The molecule has 0 aromatic heterocycles. The molecule has 11 heteroatoms. The lowest BCUT2D eigenvalue weighted by Crippen LogP contribution is -2.52. The van der Waals surface area contributed by atoms with Crippen LogP contribution in [0, 0.1) is 0 Å². The van der Waals surface area contributed by atoms with Crippen molar-refractivity contribution in [2.24, 2.45) is 0 Å². The smallest absolute Gasteiger partial charge is 0.264 e. The Bertz CT molecular complexity index is 1420. The van der Waals surface area contributed by atoms with Gasteiger partial charge in [-0.1, -0.05) is 60.5 Å². The monoisotopic (exact) mass is 605 g/mol. The molecule has 214 valence electrons. The Morgan fingerprint density at radius 2 is 1.60 bits per heavy atom. The van der Waals surface area contributed by atoms with Crippen LogP contribution in [-0.2, 0) is 26.2 Å². The highest BCUT2D eigenvalue weighted by Gasteiger charge is 2.33. The SMILES string of the molecule is CC[C@@H](C)NC(=O)[C@H](C)N(Cc1ccc(OC)cc1)C(=O)CN(c1ccc(Cl)c(Cl)c1)S(=O)(=O)c1ccccc1. The summed E-state index contributed by atoms with van der Waals surface area (Å²) >= 11 is 12.3. The second-order valence-corrected chi connectivity index (χ2v) is 12.0. The van der Waals surface area contributed by atoms with Crippen molar-refractivity contribution in [3.8, 4) is 5.75 Å². The molecule has 2 atom stereocenters. The van der Waals surface area contributed by atoms with Gasteiger partial charge in [0.05, 0.1) is 27.7 Å². The van der Waals surface area contributed by atoms with E-state index in [1.165, 1.54) is 35.2 Å². The summed E-state index contributed by atoms with van der Waals surface area (Å²) in [5.41, 5.74) is 0.900. The Morgan fingerprint density at radius 3 is 2.17 bits per heavy atom. The van der Waals surface area contributed by atoms with Crippen LogP contribution in [0.15, 0.2) is 77.7 Å². The Morgan fingerprint density at radius 1 is 0.950 bits per heavy atom. The number of methoxy groups -OCH3 is 1. The molecule has 0 saturated heterocycles. The number of amides is 2. The normalized spacial score (nSPS) is 12.8. The van der Waals surface area contributed by atoms with Crippen LogP contribution in [0.5, 0.6) is 5.75 Å². The molecule has 0 unspecified atom stereocenters. The maximum absolute atomic E-state index is 13.9. The van der Waals surface area contributed by atoms with Crippen LogP contribution in [0.2, 0.25) is 10.0 Å². The summed E-state index contributed by atoms with van der Waals surface area (Å²) < 4.78 is 33.8. The Labute approximate surface area is 245 Å². The number of nitrogens with one attached hydrogen (secondary N) is 1. The first-order chi connectivity index (χ1) is 19.0. The lowest BCUT2D eigenvalue weighted by atomic mass is 10.1. The number of hydrogen-bond donors (Lipinski definition) is 1. The minimum absolute atomic E-state index is 0.00172. The molecule has 0 spiro atoms. The topological polar surface area (TPSA) is 96.0 Å². The number of anilines is 1. The van der Waals surface area contributed by atoms with Crippen LogP contribution in [0.3, 0.4) is 0 Å². The van der Waals surface area contributed by atoms with Gasteiger partial charge in [-0.25, -0.2) is 8.42 Å². The fourth-order valence-electron chi connectivity index (χ4n) is 3.86. The number of carbonyl (C=O) groups is 2. The van der Waals surface area contributed by atoms with Crippen LogP contribution < -0.4 is 14.4 Å². The minimum atomic E-state index is -4.20. The summed E-state index contributed by atoms with van der Waals surface area (Å²) in [6, 6.07) is 18.2. The van der Waals surface area contributed by atoms with Gasteiger partial charge in [0.25, 0.3) is 10.0 Å². The van der Waals surface area contributed by atoms with Crippen molar-refractivity contribution in [2.75, 3.05) is 18.0 Å². The van der Waals surface area contributed by atoms with Gasteiger partial charge in [0, 0.05) is 12.6 Å². The van der Waals surface area contributed by atoms with E-state index < -0.39 is 28.5 Å². The summed E-state index contributed by atoms with van der Waals surface area (Å²) in [6.45, 7) is 4.93. The summed E-state index contributed by atoms with van der Waals surface area (Å²) in [6.07, 6.45) is 0.714. The maximum atomic E-state index is 13.9. The second-order valence-electron chi connectivity index (χ2n) is 9.29. The van der Waals surface area contributed by atoms with Crippen LogP contribution in [0.25, 0.3) is 0 Å². The molecule has 3 rings (SSSR count). The van der Waals surface area contributed by atoms with E-state index in [4.69, 9.17) is 27.9 Å². The first kappa shape index (κ1) is 31.3. The van der Waals surface area contributed by atoms with Gasteiger partial charge in [0.2, 0.25) is 11.8 Å². The van der Waals surface area contributed by atoms with Crippen LogP contribution in [0.4, 0.5) is 5.69 Å². The average molecular weight is 607 g/mol. The molecule has 0 aliphatic carbocycles. The van der Waals surface area contributed by atoms with Gasteiger partial charge in [0.15, 0.2) is 0 Å². The van der Waals surface area contributed by atoms with E-state index in [-0.39, 0.29) is 39.1 Å². The predicted octanol–water partition coefficient (Wildman–Crippen LogP) is 5.53. The van der Waals surface area contributed by atoms with Crippen LogP contribution in [0.1, 0.15) is 32.8 Å². The zero-order valence-electron chi connectivity index (χ0n) is 22.8. The summed E-state index contributed by atoms with van der Waals surface area (Å²) in [5, 5.41) is 3.28. The number of carbonyl (C=O) groups excluding carboxylic acids is 2. The van der Waals surface area contributed by atoms with Gasteiger partial charge in [0.1, 0.15) is 18.3 Å². The second kappa shape index (κ2) is 13.9. The molecule has 2 amide bonds. The molecule has 8 nitrogen and oxygen atoms in total. The standard InChI is InChI=1S/C29H33Cl2N3O5S/c1-5-20(2)32-29(36)21(3)33(18-22-11-14-24(39-4)15-12-22)28(35)19-34(23-13-16-26(30)27(31)17-23)40(37,38)25-9-7-6-8-10-25/h6-17,20-21H,5,18-19H2,1-4H3,(H,32,36)/t20-,21+/m1/s1. The van der Waals surface area contributed by atoms with Crippen molar-refractivity contribution in [1.29, 1.82) is 0 Å². The number of rotatable bonds is 12. The van der Waals surface area contributed by atoms with Gasteiger partial charge < -0.3 is 15.0 Å². The van der Waals surface area contributed by atoms with Gasteiger partial charge in [-0.15, -0.1) is 0 Å². The van der Waals surface area contributed by atoms with Crippen molar-refractivity contribution in [2.45, 2.75) is 50.7 Å². The molecule has 3 aromatic carbocycles. The van der Waals surface area contributed by atoms with Crippen molar-refractivity contribution in [3.63, 3.8) is 0 Å². The Hall–Kier alpha value is -3.27. The number of nitrogens with zero attached hydrogens (tertiary/aromatic N) is 2. The predicted molar refractivity (Wildman–Crippen MR) is 158 cm³/mol. The quantitative estimate of drug-likeness (QED) is 0.293. The first-order valence-corrected chi connectivity index (χ1v) is 14.9. The van der Waals surface area contributed by atoms with E-state index in [2.05, 4.69) is 5.32 Å². The third kappa shape index (κ3) is 7.68. The lowest BCUT2D eigenvalue weighted by molar-refractivity contribution is -0.139. The van der Waals surface area contributed by atoms with Gasteiger partial charge in [-0.3, -0.25) is 13.9 Å². The number of sulfonamides is 1. The van der Waals surface area contributed by atoms with E-state index in [9.17, 15) is 18.0 Å². The molecule has 3 aromatic rings. The zero-order valence-corrected chi connectivity index (χ0v) is 25.1. The molecule has 1 N–H and O–H groups in total. The van der Waals surface area contributed by atoms with E-state index in [0.29, 0.717) is 12.2 Å². The lowest BCUT2D eigenvalue weighted by Gasteiger charge is -2.32. The number of halogens is 2. The van der Waals surface area contributed by atoms with E-state index in [1.54, 1.807) is 56.5 Å². The van der Waals surface area contributed by atoms with E-state index in [0.717, 1.165) is 9.87 Å². The van der Waals surface area contributed by atoms with Gasteiger partial charge in [-0.05, 0) is 68.3 Å². The van der Waals surface area contributed by atoms with E-state index in [1.807, 2.05) is 13.8 Å². The minimum Gasteiger partial charge on any atom is -0.497 e. The van der Waals surface area contributed by atoms with Crippen molar-refractivity contribution in [1.82, 2.24) is 10.2 Å². The average Bonchev–Trinajstić information content (AvgIpc) is 2.96. The highest BCUT2D eigenvalue weighted by molar-refractivity contribution is 7.92. The Balaban J connectivity index is 2.03. The first-order valence-electron chi connectivity index (χ1n) is 12.7. The number of ether oxygens (including phenoxy) is 1. The molecule has 0 aliphatic heterocycles. The fourth-order valence-corrected chi connectivity index (χ4v) is 5.58. The third-order valence-electron chi connectivity index (χ3n) is 6.48. The van der Waals surface area contributed by atoms with Crippen molar-refractivity contribution >= 4 is 50.7 Å². The molecule has 0 bridgehead atoms. The largest absolute Gasteiger partial charge is 0.497 e. The fraction of sp³-hybridized carbons (Fsp3) is 0.310. The summed E-state index contributed by atoms with van der Waals surface area (Å²) in [4.78, 5) is 28.4. The number of benzene rings is 3. The molecular weight excluding hydrogens is 573 g/mol. The van der Waals surface area contributed by atoms with Crippen LogP contribution in [-0.4, -0.2) is 50.9 Å². The summed E-state index contributed by atoms with van der Waals surface area (Å²) in [5.74, 6) is -0.277. The molecule has 0 aliphatic rings. The van der Waals surface area contributed by atoms with Gasteiger partial charge in [-0.2, -0.15) is 0 Å². The molecule has 0 fully saturated rings. The highest BCUT2D eigenvalue weighted by Crippen LogP contribution is 2.31. The molecule has 40 heavy (non-hydrogen) atoms. The Kier molecular flexibility index (Phi) is 10.8.